The van der Waals surface area contributed by atoms with Crippen LogP contribution >= 0.6 is 11.6 Å². The van der Waals surface area contributed by atoms with Crippen molar-refractivity contribution in [1.29, 1.82) is 0 Å². The monoisotopic (exact) mass is 322 g/mol. The van der Waals surface area contributed by atoms with Crippen molar-refractivity contribution in [3.05, 3.63) is 22.8 Å². The molecule has 0 aliphatic heterocycles. The molecule has 2 N–H and O–H groups in total. The molecule has 1 aliphatic rings. The molecule has 1 aromatic heterocycles. The molecule has 1 saturated carbocycles. The van der Waals surface area contributed by atoms with Gasteiger partial charge in [-0.15, -0.1) is 0 Å². The summed E-state index contributed by atoms with van der Waals surface area (Å²) >= 11 is 5.90. The summed E-state index contributed by atoms with van der Waals surface area (Å²) in [5.41, 5.74) is -1.44. The van der Waals surface area contributed by atoms with E-state index < -0.39 is 17.3 Å². The molecule has 7 heteroatoms. The van der Waals surface area contributed by atoms with Gasteiger partial charge in [-0.1, -0.05) is 31.4 Å². The molecule has 1 heterocycles. The zero-order valence-corrected chi connectivity index (χ0v) is 12.4. The van der Waals surface area contributed by atoms with Gasteiger partial charge in [0.2, 0.25) is 0 Å². The maximum atomic E-state index is 12.6. The molecule has 0 amide bonds. The minimum atomic E-state index is -4.47. The van der Waals surface area contributed by atoms with E-state index in [1.807, 2.05) is 0 Å². The predicted molar refractivity (Wildman–Crippen MR) is 75.3 cm³/mol. The Morgan fingerprint density at radius 3 is 2.76 bits per heavy atom. The summed E-state index contributed by atoms with van der Waals surface area (Å²) in [6.45, 7) is 1.99. The van der Waals surface area contributed by atoms with Crippen LogP contribution in [-0.2, 0) is 6.18 Å². The van der Waals surface area contributed by atoms with Gasteiger partial charge in [0.05, 0.1) is 22.7 Å². The molecule has 2 rings (SSSR count). The molecule has 0 bridgehead atoms. The molecular formula is C14H18ClF3N2O. The molecule has 2 atom stereocenters. The number of aromatic nitrogens is 1. The fourth-order valence-corrected chi connectivity index (χ4v) is 3.11. The third-order valence-electron chi connectivity index (χ3n) is 3.95. The van der Waals surface area contributed by atoms with Gasteiger partial charge in [0.15, 0.2) is 0 Å². The molecule has 3 nitrogen and oxygen atoms in total. The smallest absolute Gasteiger partial charge is 0.394 e. The number of nitrogens with zero attached hydrogens (tertiary/aromatic N) is 1. The molecule has 2 unspecified atom stereocenters. The Balaban J connectivity index is 2.22. The topological polar surface area (TPSA) is 45.1 Å². The van der Waals surface area contributed by atoms with Crippen LogP contribution in [0.5, 0.6) is 0 Å². The molecule has 118 valence electrons. The van der Waals surface area contributed by atoms with Crippen molar-refractivity contribution < 1.29 is 18.3 Å². The number of anilines is 1. The molecule has 1 fully saturated rings. The lowest BCUT2D eigenvalue weighted by molar-refractivity contribution is -0.137. The molecule has 0 radical (unpaired) electrons. The van der Waals surface area contributed by atoms with Crippen molar-refractivity contribution in [2.24, 2.45) is 5.92 Å². The van der Waals surface area contributed by atoms with E-state index >= 15 is 0 Å². The summed E-state index contributed by atoms with van der Waals surface area (Å²) in [5, 5.41) is 12.7. The van der Waals surface area contributed by atoms with Crippen molar-refractivity contribution in [2.45, 2.75) is 44.3 Å². The Hall–Kier alpha value is -1.01. The van der Waals surface area contributed by atoms with E-state index in [-0.39, 0.29) is 17.4 Å². The molecule has 0 aromatic carbocycles. The van der Waals surface area contributed by atoms with Gasteiger partial charge in [-0.2, -0.15) is 13.2 Å². The Morgan fingerprint density at radius 1 is 1.52 bits per heavy atom. The lowest BCUT2D eigenvalue weighted by Crippen LogP contribution is -2.46. The summed E-state index contributed by atoms with van der Waals surface area (Å²) in [4.78, 5) is 3.78. The van der Waals surface area contributed by atoms with Crippen molar-refractivity contribution >= 4 is 17.4 Å². The first kappa shape index (κ1) is 16.4. The predicted octanol–water partition coefficient (Wildman–Crippen LogP) is 4.11. The Bertz CT molecular complexity index is 509. The lowest BCUT2D eigenvalue weighted by atomic mass is 9.77. The molecule has 1 aromatic rings. The van der Waals surface area contributed by atoms with Crippen molar-refractivity contribution in [3.63, 3.8) is 0 Å². The number of aliphatic hydroxyl groups excluding tert-OH is 1. The maximum absolute atomic E-state index is 12.6. The van der Waals surface area contributed by atoms with Crippen LogP contribution in [-0.4, -0.2) is 22.2 Å². The quantitative estimate of drug-likeness (QED) is 0.880. The zero-order valence-electron chi connectivity index (χ0n) is 11.7. The number of aliphatic hydroxyl groups is 1. The summed E-state index contributed by atoms with van der Waals surface area (Å²) < 4.78 is 37.8. The second-order valence-electron chi connectivity index (χ2n) is 5.82. The van der Waals surface area contributed by atoms with Gasteiger partial charge in [0, 0.05) is 6.20 Å². The fourth-order valence-electron chi connectivity index (χ4n) is 2.89. The third kappa shape index (κ3) is 3.80. The van der Waals surface area contributed by atoms with Gasteiger partial charge in [-0.25, -0.2) is 4.98 Å². The van der Waals surface area contributed by atoms with Crippen LogP contribution in [0, 0.1) is 5.92 Å². The van der Waals surface area contributed by atoms with Crippen LogP contribution in [0.25, 0.3) is 0 Å². The van der Waals surface area contributed by atoms with Gasteiger partial charge in [-0.3, -0.25) is 0 Å². The van der Waals surface area contributed by atoms with Crippen LogP contribution in [0.3, 0.4) is 0 Å². The third-order valence-corrected chi connectivity index (χ3v) is 4.23. The molecule has 0 saturated heterocycles. The first-order valence-corrected chi connectivity index (χ1v) is 7.25. The molecule has 21 heavy (non-hydrogen) atoms. The van der Waals surface area contributed by atoms with Crippen LogP contribution in [0.2, 0.25) is 5.02 Å². The molecule has 1 aliphatic carbocycles. The number of rotatable bonds is 3. The van der Waals surface area contributed by atoms with E-state index in [1.165, 1.54) is 0 Å². The molecule has 0 spiro atoms. The SMILES string of the molecule is CC1CCCC(CO)(Nc2ncc(C(F)(F)F)cc2Cl)C1. The van der Waals surface area contributed by atoms with Gasteiger partial charge >= 0.3 is 6.18 Å². The van der Waals surface area contributed by atoms with Crippen LogP contribution in [0.15, 0.2) is 12.3 Å². The van der Waals surface area contributed by atoms with E-state index in [9.17, 15) is 18.3 Å². The zero-order chi connectivity index (χ0) is 15.7. The van der Waals surface area contributed by atoms with Gasteiger partial charge in [0.1, 0.15) is 5.82 Å². The highest BCUT2D eigenvalue weighted by atomic mass is 35.5. The van der Waals surface area contributed by atoms with Gasteiger partial charge in [-0.05, 0) is 24.8 Å². The highest BCUT2D eigenvalue weighted by Gasteiger charge is 2.36. The normalized spacial score (nSPS) is 26.7. The highest BCUT2D eigenvalue weighted by Crippen LogP contribution is 2.37. The molecular weight excluding hydrogens is 305 g/mol. The number of halogens is 4. The average molecular weight is 323 g/mol. The minimum Gasteiger partial charge on any atom is -0.394 e. The van der Waals surface area contributed by atoms with Crippen LogP contribution in [0.1, 0.15) is 38.2 Å². The first-order valence-electron chi connectivity index (χ1n) is 6.87. The minimum absolute atomic E-state index is 0.0872. The summed E-state index contributed by atoms with van der Waals surface area (Å²) in [7, 11) is 0. The van der Waals surface area contributed by atoms with E-state index in [2.05, 4.69) is 17.2 Å². The number of nitrogens with one attached hydrogen (secondary N) is 1. The van der Waals surface area contributed by atoms with E-state index in [4.69, 9.17) is 11.6 Å². The van der Waals surface area contributed by atoms with Crippen LogP contribution in [0.4, 0.5) is 19.0 Å². The summed E-state index contributed by atoms with van der Waals surface area (Å²) in [6.07, 6.45) is -0.200. The van der Waals surface area contributed by atoms with E-state index in [0.29, 0.717) is 5.92 Å². The second kappa shape index (κ2) is 6.01. The Labute approximate surface area is 126 Å². The maximum Gasteiger partial charge on any atom is 0.417 e. The highest BCUT2D eigenvalue weighted by molar-refractivity contribution is 6.33. The van der Waals surface area contributed by atoms with Crippen molar-refractivity contribution in [2.75, 3.05) is 11.9 Å². The van der Waals surface area contributed by atoms with Gasteiger partial charge in [0.25, 0.3) is 0 Å². The van der Waals surface area contributed by atoms with Crippen molar-refractivity contribution in [1.82, 2.24) is 4.98 Å². The largest absolute Gasteiger partial charge is 0.417 e. The fraction of sp³-hybridized carbons (Fsp3) is 0.643. The number of hydrogen-bond donors (Lipinski definition) is 2. The second-order valence-corrected chi connectivity index (χ2v) is 6.22. The Morgan fingerprint density at radius 2 is 2.24 bits per heavy atom. The number of alkyl halides is 3. The van der Waals surface area contributed by atoms with Crippen molar-refractivity contribution in [3.8, 4) is 0 Å². The summed E-state index contributed by atoms with van der Waals surface area (Å²) in [6, 6.07) is 0.855. The lowest BCUT2D eigenvalue weighted by Gasteiger charge is -2.40. The number of hydrogen-bond acceptors (Lipinski definition) is 3. The standard InChI is InChI=1S/C14H18ClF3N2O/c1-9-3-2-4-13(6-9,8-21)20-12-11(15)5-10(7-19-12)14(16,17)18/h5,7,9,21H,2-4,6,8H2,1H3,(H,19,20). The van der Waals surface area contributed by atoms with E-state index in [1.54, 1.807) is 0 Å². The first-order chi connectivity index (χ1) is 9.76. The Kier molecular flexibility index (Phi) is 4.68. The summed E-state index contributed by atoms with van der Waals surface area (Å²) in [5.74, 6) is 0.624. The van der Waals surface area contributed by atoms with Gasteiger partial charge < -0.3 is 10.4 Å². The number of pyridine rings is 1. The van der Waals surface area contributed by atoms with Crippen LogP contribution < -0.4 is 5.32 Å². The van der Waals surface area contributed by atoms with E-state index in [0.717, 1.165) is 37.9 Å². The average Bonchev–Trinajstić information content (AvgIpc) is 2.40.